The molecular weight excluding hydrogens is 270 g/mol. The number of hydrogen-bond donors (Lipinski definition) is 1. The molecule has 118 valence electrons. The van der Waals surface area contributed by atoms with Gasteiger partial charge in [0.05, 0.1) is 0 Å². The molecule has 1 saturated heterocycles. The zero-order valence-corrected chi connectivity index (χ0v) is 13.2. The maximum absolute atomic E-state index is 13.5. The Labute approximate surface area is 126 Å². The molecule has 0 spiro atoms. The van der Waals surface area contributed by atoms with Crippen LogP contribution in [-0.2, 0) is 0 Å². The Bertz CT molecular complexity index is 456. The lowest BCUT2D eigenvalue weighted by Crippen LogP contribution is -2.42. The molecule has 1 aromatic carbocycles. The van der Waals surface area contributed by atoms with Crippen LogP contribution in [0, 0.1) is 17.6 Å². The second-order valence-electron chi connectivity index (χ2n) is 6.35. The van der Waals surface area contributed by atoms with Crippen molar-refractivity contribution in [1.29, 1.82) is 0 Å². The SMILES string of the molecule is CC(C)N(CC1CCCNC1)C(C)c1ccc(F)c(F)c1. The summed E-state index contributed by atoms with van der Waals surface area (Å²) in [5, 5.41) is 3.44. The van der Waals surface area contributed by atoms with E-state index in [0.717, 1.165) is 25.2 Å². The molecule has 1 aromatic rings. The van der Waals surface area contributed by atoms with Gasteiger partial charge in [-0.05, 0) is 70.3 Å². The Hall–Kier alpha value is -1.00. The Morgan fingerprint density at radius 3 is 2.57 bits per heavy atom. The van der Waals surface area contributed by atoms with Gasteiger partial charge in [-0.15, -0.1) is 0 Å². The summed E-state index contributed by atoms with van der Waals surface area (Å²) in [6, 6.07) is 4.70. The summed E-state index contributed by atoms with van der Waals surface area (Å²) in [5.41, 5.74) is 0.839. The van der Waals surface area contributed by atoms with Crippen molar-refractivity contribution in [1.82, 2.24) is 10.2 Å². The van der Waals surface area contributed by atoms with Crippen LogP contribution in [0.3, 0.4) is 0 Å². The summed E-state index contributed by atoms with van der Waals surface area (Å²) in [5.74, 6) is -0.908. The van der Waals surface area contributed by atoms with E-state index in [-0.39, 0.29) is 6.04 Å². The van der Waals surface area contributed by atoms with E-state index in [1.807, 2.05) is 0 Å². The van der Waals surface area contributed by atoms with Crippen molar-refractivity contribution in [3.05, 3.63) is 35.4 Å². The average molecular weight is 296 g/mol. The maximum atomic E-state index is 13.5. The third-order valence-electron chi connectivity index (χ3n) is 4.45. The van der Waals surface area contributed by atoms with Crippen LogP contribution in [0.5, 0.6) is 0 Å². The molecule has 2 rings (SSSR count). The predicted molar refractivity (Wildman–Crippen MR) is 82.2 cm³/mol. The largest absolute Gasteiger partial charge is 0.316 e. The first-order chi connectivity index (χ1) is 9.99. The quantitative estimate of drug-likeness (QED) is 0.890. The van der Waals surface area contributed by atoms with E-state index in [1.165, 1.54) is 25.0 Å². The van der Waals surface area contributed by atoms with Gasteiger partial charge < -0.3 is 5.32 Å². The van der Waals surface area contributed by atoms with Gasteiger partial charge in [-0.2, -0.15) is 0 Å². The molecule has 0 saturated carbocycles. The lowest BCUT2D eigenvalue weighted by Gasteiger charge is -2.37. The van der Waals surface area contributed by atoms with Crippen molar-refractivity contribution in [2.24, 2.45) is 5.92 Å². The Morgan fingerprint density at radius 2 is 2.00 bits per heavy atom. The average Bonchev–Trinajstić information content (AvgIpc) is 2.47. The molecule has 0 aliphatic carbocycles. The number of benzene rings is 1. The highest BCUT2D eigenvalue weighted by Crippen LogP contribution is 2.26. The van der Waals surface area contributed by atoms with Crippen LogP contribution < -0.4 is 5.32 Å². The van der Waals surface area contributed by atoms with Crippen LogP contribution in [0.25, 0.3) is 0 Å². The van der Waals surface area contributed by atoms with Crippen molar-refractivity contribution in [3.63, 3.8) is 0 Å². The molecule has 0 aromatic heterocycles. The van der Waals surface area contributed by atoms with Gasteiger partial charge in [0.1, 0.15) is 0 Å². The molecule has 0 bridgehead atoms. The third-order valence-corrected chi connectivity index (χ3v) is 4.45. The van der Waals surface area contributed by atoms with Crippen molar-refractivity contribution in [2.45, 2.75) is 45.7 Å². The van der Waals surface area contributed by atoms with E-state index in [1.54, 1.807) is 6.07 Å². The first-order valence-electron chi connectivity index (χ1n) is 7.90. The molecular formula is C17H26F2N2. The van der Waals surface area contributed by atoms with Gasteiger partial charge in [0.15, 0.2) is 11.6 Å². The molecule has 1 heterocycles. The molecule has 2 unspecified atom stereocenters. The lowest BCUT2D eigenvalue weighted by molar-refractivity contribution is 0.126. The fourth-order valence-electron chi connectivity index (χ4n) is 3.16. The zero-order chi connectivity index (χ0) is 15.4. The third kappa shape index (κ3) is 4.24. The monoisotopic (exact) mass is 296 g/mol. The van der Waals surface area contributed by atoms with Gasteiger partial charge in [-0.1, -0.05) is 6.07 Å². The number of piperidine rings is 1. The minimum atomic E-state index is -0.779. The summed E-state index contributed by atoms with van der Waals surface area (Å²) >= 11 is 0. The fraction of sp³-hybridized carbons (Fsp3) is 0.647. The normalized spacial score (nSPS) is 21.0. The fourth-order valence-corrected chi connectivity index (χ4v) is 3.16. The number of nitrogens with one attached hydrogen (secondary N) is 1. The zero-order valence-electron chi connectivity index (χ0n) is 13.2. The highest BCUT2D eigenvalue weighted by molar-refractivity contribution is 5.21. The minimum Gasteiger partial charge on any atom is -0.316 e. The van der Waals surface area contributed by atoms with Crippen LogP contribution >= 0.6 is 0 Å². The van der Waals surface area contributed by atoms with Gasteiger partial charge >= 0.3 is 0 Å². The van der Waals surface area contributed by atoms with Gasteiger partial charge in [-0.25, -0.2) is 8.78 Å². The van der Waals surface area contributed by atoms with E-state index >= 15 is 0 Å². The van der Waals surface area contributed by atoms with E-state index in [2.05, 4.69) is 31.0 Å². The van der Waals surface area contributed by atoms with E-state index < -0.39 is 11.6 Å². The van der Waals surface area contributed by atoms with Gasteiger partial charge in [0, 0.05) is 18.6 Å². The highest BCUT2D eigenvalue weighted by Gasteiger charge is 2.24. The van der Waals surface area contributed by atoms with Crippen molar-refractivity contribution in [2.75, 3.05) is 19.6 Å². The maximum Gasteiger partial charge on any atom is 0.159 e. The van der Waals surface area contributed by atoms with Crippen LogP contribution in [0.2, 0.25) is 0 Å². The number of hydrogen-bond acceptors (Lipinski definition) is 2. The Kier molecular flexibility index (Phi) is 5.71. The second kappa shape index (κ2) is 7.32. The summed E-state index contributed by atoms with van der Waals surface area (Å²) in [4.78, 5) is 2.38. The van der Waals surface area contributed by atoms with Crippen LogP contribution in [0.15, 0.2) is 18.2 Å². The van der Waals surface area contributed by atoms with Crippen molar-refractivity contribution >= 4 is 0 Å². The topological polar surface area (TPSA) is 15.3 Å². The highest BCUT2D eigenvalue weighted by atomic mass is 19.2. The van der Waals surface area contributed by atoms with Crippen LogP contribution in [0.1, 0.15) is 45.2 Å². The molecule has 21 heavy (non-hydrogen) atoms. The number of halogens is 2. The molecule has 4 heteroatoms. The second-order valence-corrected chi connectivity index (χ2v) is 6.35. The standard InChI is InChI=1S/C17H26F2N2/c1-12(2)21(11-14-5-4-8-20-10-14)13(3)15-6-7-16(18)17(19)9-15/h6-7,9,12-14,20H,4-5,8,10-11H2,1-3H3. The van der Waals surface area contributed by atoms with E-state index in [0.29, 0.717) is 12.0 Å². The van der Waals surface area contributed by atoms with Crippen molar-refractivity contribution in [3.8, 4) is 0 Å². The van der Waals surface area contributed by atoms with Gasteiger partial charge in [0.2, 0.25) is 0 Å². The predicted octanol–water partition coefficient (Wildman–Crippen LogP) is 3.74. The number of rotatable bonds is 5. The summed E-state index contributed by atoms with van der Waals surface area (Å²) < 4.78 is 26.6. The Balaban J connectivity index is 2.10. The first-order valence-corrected chi connectivity index (χ1v) is 7.90. The molecule has 1 aliphatic heterocycles. The molecule has 1 aliphatic rings. The Morgan fingerprint density at radius 1 is 1.24 bits per heavy atom. The first kappa shape index (κ1) is 16.4. The molecule has 2 nitrogen and oxygen atoms in total. The molecule has 0 amide bonds. The molecule has 0 radical (unpaired) electrons. The molecule has 1 N–H and O–H groups in total. The summed E-state index contributed by atoms with van der Waals surface area (Å²) in [7, 11) is 0. The summed E-state index contributed by atoms with van der Waals surface area (Å²) in [6.07, 6.45) is 2.46. The van der Waals surface area contributed by atoms with Crippen LogP contribution in [0.4, 0.5) is 8.78 Å². The van der Waals surface area contributed by atoms with Crippen LogP contribution in [-0.4, -0.2) is 30.6 Å². The van der Waals surface area contributed by atoms with E-state index in [4.69, 9.17) is 0 Å². The smallest absolute Gasteiger partial charge is 0.159 e. The number of nitrogens with zero attached hydrogens (tertiary/aromatic N) is 1. The van der Waals surface area contributed by atoms with Crippen molar-refractivity contribution < 1.29 is 8.78 Å². The summed E-state index contributed by atoms with van der Waals surface area (Å²) in [6.45, 7) is 9.54. The molecule has 2 atom stereocenters. The van der Waals surface area contributed by atoms with Gasteiger partial charge in [0.25, 0.3) is 0 Å². The lowest BCUT2D eigenvalue weighted by atomic mass is 9.96. The minimum absolute atomic E-state index is 0.0852. The van der Waals surface area contributed by atoms with E-state index in [9.17, 15) is 8.78 Å². The van der Waals surface area contributed by atoms with Gasteiger partial charge in [-0.3, -0.25) is 4.90 Å². The molecule has 1 fully saturated rings.